The highest BCUT2D eigenvalue weighted by atomic mass is 35.5. The molecule has 1 N–H and O–H groups in total. The van der Waals surface area contributed by atoms with Crippen molar-refractivity contribution in [3.63, 3.8) is 0 Å². The summed E-state index contributed by atoms with van der Waals surface area (Å²) in [4.78, 5) is 26.5. The number of nitrogens with one attached hydrogen (secondary N) is 1. The average Bonchev–Trinajstić information content (AvgIpc) is 3.17. The Morgan fingerprint density at radius 3 is 2.41 bits per heavy atom. The maximum Gasteiger partial charge on any atom is 0.237 e. The Labute approximate surface area is 197 Å². The maximum absolute atomic E-state index is 12.8. The molecule has 168 valence electrons. The number of ketones is 1. The normalized spacial score (nSPS) is 13.1. The monoisotopic (exact) mass is 471 g/mol. The van der Waals surface area contributed by atoms with Crippen LogP contribution in [0.2, 0.25) is 5.02 Å². The van der Waals surface area contributed by atoms with Gasteiger partial charge in [-0.15, -0.1) is 10.2 Å². The van der Waals surface area contributed by atoms with E-state index in [0.717, 1.165) is 11.5 Å². The quantitative estimate of drug-likeness (QED) is 0.373. The lowest BCUT2D eigenvalue weighted by molar-refractivity contribution is -0.115. The summed E-state index contributed by atoms with van der Waals surface area (Å²) in [6, 6.07) is 14.3. The van der Waals surface area contributed by atoms with E-state index in [9.17, 15) is 9.59 Å². The van der Waals surface area contributed by atoms with Crippen molar-refractivity contribution in [3.05, 3.63) is 64.9 Å². The number of carbonyl (C=O) groups excluding carboxylic acids is 2. The minimum absolute atomic E-state index is 0.00554. The number of amides is 1. The van der Waals surface area contributed by atoms with Gasteiger partial charge in [-0.2, -0.15) is 0 Å². The molecule has 0 fully saturated rings. The van der Waals surface area contributed by atoms with Gasteiger partial charge < -0.3 is 5.32 Å². The molecule has 0 saturated carbocycles. The first kappa shape index (κ1) is 24.0. The zero-order valence-corrected chi connectivity index (χ0v) is 20.2. The van der Waals surface area contributed by atoms with Crippen molar-refractivity contribution < 1.29 is 9.59 Å². The van der Waals surface area contributed by atoms with Gasteiger partial charge >= 0.3 is 0 Å². The summed E-state index contributed by atoms with van der Waals surface area (Å²) < 4.78 is 1.95. The smallest absolute Gasteiger partial charge is 0.237 e. The van der Waals surface area contributed by atoms with Crippen LogP contribution >= 0.6 is 23.4 Å². The fourth-order valence-corrected chi connectivity index (χ4v) is 3.96. The van der Waals surface area contributed by atoms with Gasteiger partial charge in [0.1, 0.15) is 0 Å². The van der Waals surface area contributed by atoms with E-state index >= 15 is 0 Å². The van der Waals surface area contributed by atoms with Crippen molar-refractivity contribution in [2.45, 2.75) is 37.2 Å². The molecule has 1 heterocycles. The lowest BCUT2D eigenvalue weighted by Gasteiger charge is -2.21. The second-order valence-corrected chi connectivity index (χ2v) is 9.42. The Morgan fingerprint density at radius 1 is 1.09 bits per heavy atom. The number of aromatic nitrogens is 3. The fraction of sp³-hybridized carbons (Fsp3) is 0.304. The number of carbonyl (C=O) groups is 2. The van der Waals surface area contributed by atoms with E-state index in [0.29, 0.717) is 21.4 Å². The van der Waals surface area contributed by atoms with E-state index in [1.165, 1.54) is 18.7 Å². The molecule has 2 unspecified atom stereocenters. The van der Waals surface area contributed by atoms with Gasteiger partial charge in [0.05, 0.1) is 11.3 Å². The van der Waals surface area contributed by atoms with Crippen LogP contribution in [-0.2, 0) is 4.79 Å². The molecule has 0 aliphatic rings. The minimum Gasteiger partial charge on any atom is -0.325 e. The highest BCUT2D eigenvalue weighted by molar-refractivity contribution is 8.00. The van der Waals surface area contributed by atoms with E-state index in [1.807, 2.05) is 61.7 Å². The predicted molar refractivity (Wildman–Crippen MR) is 129 cm³/mol. The van der Waals surface area contributed by atoms with Crippen molar-refractivity contribution in [1.82, 2.24) is 19.7 Å². The van der Waals surface area contributed by atoms with Crippen LogP contribution < -0.4 is 5.32 Å². The molecule has 0 spiro atoms. The van der Waals surface area contributed by atoms with Gasteiger partial charge in [0, 0.05) is 22.0 Å². The summed E-state index contributed by atoms with van der Waals surface area (Å²) >= 11 is 7.39. The first-order valence-corrected chi connectivity index (χ1v) is 11.4. The van der Waals surface area contributed by atoms with Crippen molar-refractivity contribution in [2.75, 3.05) is 19.4 Å². The standard InChI is InChI=1S/C23H26ClN5O2S/c1-14(28(4)5)21-26-27-23(29(21)20-11-9-18(24)10-12-20)32-16(3)22(31)25-19-8-6-7-17(13-19)15(2)30/h6-14,16H,1-5H3,(H,25,31). The van der Waals surface area contributed by atoms with E-state index in [1.54, 1.807) is 24.3 Å². The Balaban J connectivity index is 1.86. The largest absolute Gasteiger partial charge is 0.325 e. The third kappa shape index (κ3) is 5.56. The number of nitrogens with zero attached hydrogens (tertiary/aromatic N) is 4. The predicted octanol–water partition coefficient (Wildman–Crippen LogP) is 4.87. The maximum atomic E-state index is 12.8. The Bertz CT molecular complexity index is 1110. The SMILES string of the molecule is CC(=O)c1cccc(NC(=O)C(C)Sc2nnc(C(C)N(C)C)n2-c2ccc(Cl)cc2)c1. The van der Waals surface area contributed by atoms with Crippen LogP contribution in [0.1, 0.15) is 43.0 Å². The molecule has 1 amide bonds. The van der Waals surface area contributed by atoms with E-state index in [4.69, 9.17) is 11.6 Å². The molecular weight excluding hydrogens is 446 g/mol. The van der Waals surface area contributed by atoms with Crippen LogP contribution in [-0.4, -0.2) is 50.7 Å². The molecule has 0 aliphatic heterocycles. The molecule has 1 aromatic heterocycles. The number of hydrogen-bond acceptors (Lipinski definition) is 6. The van der Waals surface area contributed by atoms with Gasteiger partial charge in [-0.3, -0.25) is 19.1 Å². The Hall–Kier alpha value is -2.68. The topological polar surface area (TPSA) is 80.1 Å². The number of rotatable bonds is 8. The molecule has 3 rings (SSSR count). The lowest BCUT2D eigenvalue weighted by Crippen LogP contribution is -2.23. The van der Waals surface area contributed by atoms with Gasteiger partial charge in [-0.25, -0.2) is 0 Å². The highest BCUT2D eigenvalue weighted by Gasteiger charge is 2.24. The summed E-state index contributed by atoms with van der Waals surface area (Å²) in [5.41, 5.74) is 2.00. The third-order valence-electron chi connectivity index (χ3n) is 5.08. The van der Waals surface area contributed by atoms with Crippen LogP contribution in [0, 0.1) is 0 Å². The molecular formula is C23H26ClN5O2S. The zero-order chi connectivity index (χ0) is 23.4. The van der Waals surface area contributed by atoms with Gasteiger partial charge in [0.2, 0.25) is 5.91 Å². The first-order valence-electron chi connectivity index (χ1n) is 10.1. The highest BCUT2D eigenvalue weighted by Crippen LogP contribution is 2.30. The third-order valence-corrected chi connectivity index (χ3v) is 6.37. The average molecular weight is 472 g/mol. The van der Waals surface area contributed by atoms with Gasteiger partial charge in [0.15, 0.2) is 16.8 Å². The Morgan fingerprint density at radius 2 is 1.78 bits per heavy atom. The van der Waals surface area contributed by atoms with Crippen LogP contribution in [0.25, 0.3) is 5.69 Å². The van der Waals surface area contributed by atoms with Crippen LogP contribution in [0.5, 0.6) is 0 Å². The molecule has 0 saturated heterocycles. The number of halogens is 1. The molecule has 2 aromatic carbocycles. The molecule has 3 aromatic rings. The second kappa shape index (κ2) is 10.3. The summed E-state index contributed by atoms with van der Waals surface area (Å²) in [5.74, 6) is 0.521. The van der Waals surface area contributed by atoms with Crippen molar-refractivity contribution in [3.8, 4) is 5.69 Å². The second-order valence-electron chi connectivity index (χ2n) is 7.68. The number of thioether (sulfide) groups is 1. The van der Waals surface area contributed by atoms with Gasteiger partial charge in [0.25, 0.3) is 0 Å². The molecule has 32 heavy (non-hydrogen) atoms. The number of Topliss-reactive ketones (excluding diaryl/α,β-unsaturated/α-hetero) is 1. The first-order chi connectivity index (χ1) is 15.2. The molecule has 7 nitrogen and oxygen atoms in total. The number of hydrogen-bond donors (Lipinski definition) is 1. The van der Waals surface area contributed by atoms with Crippen LogP contribution in [0.15, 0.2) is 53.7 Å². The van der Waals surface area contributed by atoms with Gasteiger partial charge in [-0.1, -0.05) is 35.5 Å². The summed E-state index contributed by atoms with van der Waals surface area (Å²) in [6.07, 6.45) is 0. The fourth-order valence-electron chi connectivity index (χ4n) is 2.96. The van der Waals surface area contributed by atoms with Crippen molar-refractivity contribution >= 4 is 40.7 Å². The molecule has 0 radical (unpaired) electrons. The molecule has 9 heteroatoms. The molecule has 0 bridgehead atoms. The van der Waals surface area contributed by atoms with Crippen molar-refractivity contribution in [1.29, 1.82) is 0 Å². The van der Waals surface area contributed by atoms with E-state index in [2.05, 4.69) is 15.5 Å². The molecule has 0 aliphatic carbocycles. The van der Waals surface area contributed by atoms with Crippen LogP contribution in [0.3, 0.4) is 0 Å². The lowest BCUT2D eigenvalue weighted by atomic mass is 10.1. The molecule has 2 atom stereocenters. The summed E-state index contributed by atoms with van der Waals surface area (Å²) in [6.45, 7) is 5.35. The van der Waals surface area contributed by atoms with E-state index < -0.39 is 5.25 Å². The van der Waals surface area contributed by atoms with E-state index in [-0.39, 0.29) is 17.7 Å². The summed E-state index contributed by atoms with van der Waals surface area (Å²) in [7, 11) is 3.95. The zero-order valence-electron chi connectivity index (χ0n) is 18.7. The van der Waals surface area contributed by atoms with Gasteiger partial charge in [-0.05, 0) is 71.3 Å². The number of anilines is 1. The van der Waals surface area contributed by atoms with Crippen molar-refractivity contribution in [2.24, 2.45) is 0 Å². The Kier molecular flexibility index (Phi) is 7.71. The van der Waals surface area contributed by atoms with Crippen LogP contribution in [0.4, 0.5) is 5.69 Å². The number of benzene rings is 2. The summed E-state index contributed by atoms with van der Waals surface area (Å²) in [5, 5.41) is 12.5. The minimum atomic E-state index is -0.450.